The molecule has 1 aromatic heterocycles. The third-order valence-corrected chi connectivity index (χ3v) is 9.71. The predicted octanol–water partition coefficient (Wildman–Crippen LogP) is 5.39. The van der Waals surface area contributed by atoms with Crippen LogP contribution in [0.25, 0.3) is 11.3 Å². The van der Waals surface area contributed by atoms with Gasteiger partial charge < -0.3 is 24.5 Å². The van der Waals surface area contributed by atoms with Gasteiger partial charge in [0.05, 0.1) is 17.1 Å². The molecule has 0 fully saturated rings. The second kappa shape index (κ2) is 10.7. The van der Waals surface area contributed by atoms with Gasteiger partial charge in [0.25, 0.3) is 0 Å². The fourth-order valence-electron chi connectivity index (χ4n) is 4.96. The Bertz CT molecular complexity index is 1520. The zero-order valence-corrected chi connectivity index (χ0v) is 24.8. The van der Waals surface area contributed by atoms with Crippen molar-refractivity contribution in [3.05, 3.63) is 96.9 Å². The average Bonchev–Trinajstić information content (AvgIpc) is 2.90. The van der Waals surface area contributed by atoms with Crippen LogP contribution < -0.4 is 25.7 Å². The predicted molar refractivity (Wildman–Crippen MR) is 151 cm³/mol. The summed E-state index contributed by atoms with van der Waals surface area (Å²) in [6, 6.07) is 27.6. The molecule has 1 radical (unpaired) electrons. The molecule has 1 atom stereocenters. The van der Waals surface area contributed by atoms with Crippen molar-refractivity contribution in [2.75, 3.05) is 23.9 Å². The van der Waals surface area contributed by atoms with Crippen LogP contribution in [0.4, 0.5) is 22.7 Å². The van der Waals surface area contributed by atoms with E-state index in [1.807, 2.05) is 74.8 Å². The van der Waals surface area contributed by atoms with E-state index in [4.69, 9.17) is 5.11 Å². The summed E-state index contributed by atoms with van der Waals surface area (Å²) in [6.07, 6.45) is 2.96. The monoisotopic (exact) mass is 701 g/mol. The average molecular weight is 701 g/mol. The molecule has 0 aliphatic carbocycles. The van der Waals surface area contributed by atoms with Gasteiger partial charge in [0.15, 0.2) is 5.78 Å². The van der Waals surface area contributed by atoms with Crippen LogP contribution in [0, 0.1) is 6.07 Å². The number of aliphatic hydroxyl groups excluding tert-OH is 1. The van der Waals surface area contributed by atoms with Gasteiger partial charge in [0.2, 0.25) is 0 Å². The largest absolute Gasteiger partial charge is 0.512 e. The van der Waals surface area contributed by atoms with Crippen LogP contribution in [0.1, 0.15) is 13.8 Å². The van der Waals surface area contributed by atoms with Gasteiger partial charge in [-0.15, -0.1) is 17.7 Å². The first kappa shape index (κ1) is 27.5. The Hall–Kier alpha value is -3.50. The fraction of sp³-hybridized carbons (Fsp3) is 0.133. The number of anilines is 4. The second-order valence-corrected chi connectivity index (χ2v) is 11.7. The van der Waals surface area contributed by atoms with Crippen LogP contribution >= 0.6 is 7.14 Å². The molecule has 3 heterocycles. The zero-order valence-electron chi connectivity index (χ0n) is 21.5. The number of rotatable bonds is 2. The molecular weight excluding hydrogens is 674 g/mol. The number of aliphatic hydroxyl groups is 1. The van der Waals surface area contributed by atoms with E-state index in [9.17, 15) is 9.36 Å². The van der Waals surface area contributed by atoms with Gasteiger partial charge >= 0.3 is 0 Å². The summed E-state index contributed by atoms with van der Waals surface area (Å²) in [5, 5.41) is 11.0. The summed E-state index contributed by atoms with van der Waals surface area (Å²) in [7, 11) is 1.03. The quantitative estimate of drug-likeness (QED) is 0.131. The Morgan fingerprint density at radius 3 is 2.00 bits per heavy atom. The SMILES string of the molecule is CC(=O)/C=C(/C)O.CN1c2[c-]c(-c3ccccn3)cc3c2P(=O)(c2ccccc21)c1ccccc1N3C.[Ir]. The number of ketones is 1. The molecule has 0 saturated heterocycles. The summed E-state index contributed by atoms with van der Waals surface area (Å²) in [5.74, 6) is -0.0625. The molecule has 8 heteroatoms. The molecule has 38 heavy (non-hydrogen) atoms. The minimum absolute atomic E-state index is 0. The normalized spacial score (nSPS) is 16.7. The Labute approximate surface area is 236 Å². The minimum atomic E-state index is -3.04. The molecule has 3 aromatic carbocycles. The summed E-state index contributed by atoms with van der Waals surface area (Å²) in [4.78, 5) is 18.8. The molecule has 0 amide bonds. The summed E-state index contributed by atoms with van der Waals surface area (Å²) in [6.45, 7) is 2.85. The summed E-state index contributed by atoms with van der Waals surface area (Å²) >= 11 is 0. The van der Waals surface area contributed by atoms with Crippen LogP contribution in [0.15, 0.2) is 90.8 Å². The molecule has 0 spiro atoms. The van der Waals surface area contributed by atoms with Crippen molar-refractivity contribution in [2.24, 2.45) is 0 Å². The number of nitrogens with zero attached hydrogens (tertiary/aromatic N) is 3. The second-order valence-electron chi connectivity index (χ2n) is 9.08. The van der Waals surface area contributed by atoms with Crippen molar-refractivity contribution >= 4 is 51.6 Å². The first-order chi connectivity index (χ1) is 17.7. The molecular formula is C30H27IrN3O3P-. The molecule has 195 valence electrons. The van der Waals surface area contributed by atoms with Gasteiger partial charge in [0.1, 0.15) is 7.14 Å². The van der Waals surface area contributed by atoms with E-state index in [0.717, 1.165) is 49.9 Å². The van der Waals surface area contributed by atoms with Gasteiger partial charge in [-0.1, -0.05) is 36.4 Å². The number of aromatic nitrogens is 1. The van der Waals surface area contributed by atoms with Crippen molar-refractivity contribution in [3.8, 4) is 11.3 Å². The van der Waals surface area contributed by atoms with E-state index in [-0.39, 0.29) is 31.6 Å². The van der Waals surface area contributed by atoms with Crippen LogP contribution in [0.2, 0.25) is 0 Å². The Balaban J connectivity index is 0.000000375. The Morgan fingerprint density at radius 1 is 0.895 bits per heavy atom. The molecule has 2 aliphatic heterocycles. The molecule has 2 aliphatic rings. The molecule has 0 saturated carbocycles. The zero-order chi connectivity index (χ0) is 26.3. The third-order valence-electron chi connectivity index (χ3n) is 6.53. The van der Waals surface area contributed by atoms with Crippen LogP contribution in [-0.4, -0.2) is 30.0 Å². The van der Waals surface area contributed by atoms with Crippen molar-refractivity contribution in [1.82, 2.24) is 4.98 Å². The first-order valence-corrected chi connectivity index (χ1v) is 13.6. The number of carbonyl (C=O) groups is 1. The van der Waals surface area contributed by atoms with Crippen molar-refractivity contribution < 1.29 is 34.6 Å². The maximum Gasteiger partial charge on any atom is 0.155 e. The number of hydrogen-bond acceptors (Lipinski definition) is 6. The van der Waals surface area contributed by atoms with Gasteiger partial charge in [0, 0.05) is 57.1 Å². The fourth-order valence-corrected chi connectivity index (χ4v) is 8.43. The van der Waals surface area contributed by atoms with Crippen molar-refractivity contribution in [2.45, 2.75) is 13.8 Å². The third kappa shape index (κ3) is 4.52. The van der Waals surface area contributed by atoms with Gasteiger partial charge in [-0.2, -0.15) is 0 Å². The molecule has 1 unspecified atom stereocenters. The number of fused-ring (bicyclic) bond motifs is 4. The van der Waals surface area contributed by atoms with Crippen LogP contribution in [0.5, 0.6) is 0 Å². The number of benzene rings is 3. The van der Waals surface area contributed by atoms with Crippen LogP contribution in [0.3, 0.4) is 0 Å². The van der Waals surface area contributed by atoms with E-state index in [0.29, 0.717) is 0 Å². The molecule has 0 bridgehead atoms. The maximum atomic E-state index is 15.0. The summed E-state index contributed by atoms with van der Waals surface area (Å²) < 4.78 is 15.0. The summed E-state index contributed by atoms with van der Waals surface area (Å²) in [5.41, 5.74) is 5.51. The molecule has 6 rings (SSSR count). The Morgan fingerprint density at radius 2 is 1.47 bits per heavy atom. The van der Waals surface area contributed by atoms with Crippen molar-refractivity contribution in [3.63, 3.8) is 0 Å². The van der Waals surface area contributed by atoms with E-state index in [2.05, 4.69) is 33.0 Å². The Kier molecular flexibility index (Phi) is 7.75. The van der Waals surface area contributed by atoms with E-state index in [1.54, 1.807) is 6.20 Å². The van der Waals surface area contributed by atoms with Gasteiger partial charge in [-0.3, -0.25) is 4.79 Å². The van der Waals surface area contributed by atoms with E-state index >= 15 is 0 Å². The topological polar surface area (TPSA) is 73.7 Å². The first-order valence-electron chi connectivity index (χ1n) is 11.9. The van der Waals surface area contributed by atoms with Gasteiger partial charge in [-0.05, 0) is 66.6 Å². The minimum Gasteiger partial charge on any atom is -0.512 e. The standard InChI is InChI=1S/C25H19N3OP.C5H8O2.Ir/c1-27-19-10-3-5-12-23(19)30(29)24-13-6-4-11-20(24)28(2)22-16-17(15-21(27)25(22)30)18-9-7-8-14-26-18;1-4(6)3-5(2)7;/h3-15H,1-2H3;3,6H,1-2H3;/q-1;;/b;4-3-;. The number of allylic oxidation sites excluding steroid dienone is 2. The molecule has 4 aromatic rings. The van der Waals surface area contributed by atoms with Crippen molar-refractivity contribution in [1.29, 1.82) is 0 Å². The van der Waals surface area contributed by atoms with Crippen LogP contribution in [-0.2, 0) is 29.5 Å². The maximum absolute atomic E-state index is 15.0. The number of carbonyl (C=O) groups excluding carboxylic acids is 1. The smallest absolute Gasteiger partial charge is 0.155 e. The number of para-hydroxylation sites is 2. The molecule has 6 nitrogen and oxygen atoms in total. The van der Waals surface area contributed by atoms with E-state index in [1.165, 1.54) is 19.9 Å². The van der Waals surface area contributed by atoms with Gasteiger partial charge in [-0.25, -0.2) is 0 Å². The number of hydrogen-bond donors (Lipinski definition) is 1. The number of pyridine rings is 1. The molecule has 1 N–H and O–H groups in total. The van der Waals surface area contributed by atoms with E-state index < -0.39 is 7.14 Å².